The van der Waals surface area contributed by atoms with Gasteiger partial charge in [-0.05, 0) is 36.8 Å². The van der Waals surface area contributed by atoms with Gasteiger partial charge in [-0.15, -0.1) is 0 Å². The lowest BCUT2D eigenvalue weighted by molar-refractivity contribution is 0.236. The molecule has 0 saturated heterocycles. The average Bonchev–Trinajstić information content (AvgIpc) is 2.59. The van der Waals surface area contributed by atoms with Crippen LogP contribution in [0.1, 0.15) is 11.1 Å². The molecule has 1 aliphatic heterocycles. The Labute approximate surface area is 151 Å². The summed E-state index contributed by atoms with van der Waals surface area (Å²) in [6.07, 6.45) is 1.73. The molecule has 0 saturated carbocycles. The van der Waals surface area contributed by atoms with Gasteiger partial charge in [-0.1, -0.05) is 12.6 Å². The molecule has 0 aliphatic carbocycles. The van der Waals surface area contributed by atoms with Crippen LogP contribution in [0, 0.1) is 18.6 Å². The molecule has 136 valence electrons. The van der Waals surface area contributed by atoms with E-state index in [0.29, 0.717) is 41.4 Å². The Morgan fingerprint density at radius 1 is 1.19 bits per heavy atom. The molecule has 1 aliphatic rings. The third kappa shape index (κ3) is 3.41. The number of nitrogens with one attached hydrogen (secondary N) is 1. The molecule has 0 bridgehead atoms. The van der Waals surface area contributed by atoms with Crippen LogP contribution in [0.25, 0.3) is 5.57 Å². The monoisotopic (exact) mass is 357 g/mol. The van der Waals surface area contributed by atoms with Gasteiger partial charge in [-0.25, -0.2) is 8.78 Å². The van der Waals surface area contributed by atoms with E-state index in [4.69, 9.17) is 10.5 Å². The number of nitrogens with zero attached hydrogens (tertiary/aromatic N) is 1. The summed E-state index contributed by atoms with van der Waals surface area (Å²) in [5.74, 6) is -0.296. The lowest BCUT2D eigenvalue weighted by Crippen LogP contribution is -2.20. The molecule has 0 aromatic heterocycles. The number of halogens is 2. The number of nitrogens with two attached hydrogens (primary N) is 1. The number of anilines is 3. The van der Waals surface area contributed by atoms with Gasteiger partial charge in [0.1, 0.15) is 24.0 Å². The predicted octanol–water partition coefficient (Wildman–Crippen LogP) is 4.30. The summed E-state index contributed by atoms with van der Waals surface area (Å²) in [6, 6.07) is 7.56. The van der Waals surface area contributed by atoms with Gasteiger partial charge in [0.05, 0.1) is 17.1 Å². The van der Waals surface area contributed by atoms with Gasteiger partial charge >= 0.3 is 0 Å². The molecule has 0 spiro atoms. The van der Waals surface area contributed by atoms with Crippen LogP contribution in [-0.2, 0) is 4.74 Å². The third-order valence-electron chi connectivity index (χ3n) is 4.14. The van der Waals surface area contributed by atoms with Crippen LogP contribution in [0.2, 0.25) is 0 Å². The number of benzene rings is 2. The van der Waals surface area contributed by atoms with Crippen molar-refractivity contribution in [3.63, 3.8) is 0 Å². The van der Waals surface area contributed by atoms with Crippen LogP contribution in [-0.4, -0.2) is 20.2 Å². The predicted molar refractivity (Wildman–Crippen MR) is 101 cm³/mol. The molecule has 0 radical (unpaired) electrons. The number of rotatable bonds is 5. The standard InChI is InChI=1S/C20H21F2N3O/c1-12-4-5-16(15(22)8-12)24-17-9-14(21)10-18-20(17)13(2)19(11-25(18)3)26-7-6-23/h4-5,8-11,24H,2,6-7,23H2,1,3H3. The zero-order chi connectivity index (χ0) is 18.8. The second-order valence-electron chi connectivity index (χ2n) is 6.18. The summed E-state index contributed by atoms with van der Waals surface area (Å²) >= 11 is 0. The second-order valence-corrected chi connectivity index (χ2v) is 6.18. The SMILES string of the molecule is C=C1C(OCCN)=CN(C)c2cc(F)cc(Nc3ccc(C)cc3F)c21. The van der Waals surface area contributed by atoms with E-state index in [0.717, 1.165) is 5.56 Å². The Morgan fingerprint density at radius 3 is 2.65 bits per heavy atom. The van der Waals surface area contributed by atoms with Crippen molar-refractivity contribution >= 4 is 22.6 Å². The minimum absolute atomic E-state index is 0.262. The molecule has 6 heteroatoms. The Kier molecular flexibility index (Phi) is 4.95. The summed E-state index contributed by atoms with van der Waals surface area (Å²) in [5, 5.41) is 2.99. The molecule has 26 heavy (non-hydrogen) atoms. The molecule has 2 aromatic rings. The second kappa shape index (κ2) is 7.17. The zero-order valence-corrected chi connectivity index (χ0v) is 14.8. The van der Waals surface area contributed by atoms with E-state index in [-0.39, 0.29) is 5.69 Å². The van der Waals surface area contributed by atoms with Crippen molar-refractivity contribution in [1.82, 2.24) is 0 Å². The maximum absolute atomic E-state index is 14.2. The van der Waals surface area contributed by atoms with Crippen molar-refractivity contribution in [1.29, 1.82) is 0 Å². The van der Waals surface area contributed by atoms with Crippen LogP contribution in [0.4, 0.5) is 25.8 Å². The number of allylic oxidation sites excluding steroid dienone is 1. The minimum atomic E-state index is -0.432. The van der Waals surface area contributed by atoms with Crippen LogP contribution in [0.5, 0.6) is 0 Å². The largest absolute Gasteiger partial charge is 0.490 e. The molecule has 4 nitrogen and oxygen atoms in total. The highest BCUT2D eigenvalue weighted by Crippen LogP contribution is 2.42. The fourth-order valence-corrected chi connectivity index (χ4v) is 2.89. The van der Waals surface area contributed by atoms with Crippen LogP contribution >= 0.6 is 0 Å². The number of hydrogen-bond donors (Lipinski definition) is 2. The zero-order valence-electron chi connectivity index (χ0n) is 14.8. The molecule has 0 unspecified atom stereocenters. The van der Waals surface area contributed by atoms with E-state index in [1.807, 2.05) is 0 Å². The molecular weight excluding hydrogens is 336 g/mol. The fourth-order valence-electron chi connectivity index (χ4n) is 2.89. The fraction of sp³-hybridized carbons (Fsp3) is 0.200. The highest BCUT2D eigenvalue weighted by atomic mass is 19.1. The van der Waals surface area contributed by atoms with Gasteiger partial charge in [0, 0.05) is 30.9 Å². The van der Waals surface area contributed by atoms with Gasteiger partial charge in [-0.3, -0.25) is 0 Å². The van der Waals surface area contributed by atoms with Gasteiger partial charge < -0.3 is 20.7 Å². The number of ether oxygens (including phenoxy) is 1. The lowest BCUT2D eigenvalue weighted by Gasteiger charge is -2.29. The molecule has 2 aromatic carbocycles. The van der Waals surface area contributed by atoms with E-state index in [2.05, 4.69) is 11.9 Å². The first-order chi connectivity index (χ1) is 12.4. The van der Waals surface area contributed by atoms with Gasteiger partial charge in [0.2, 0.25) is 0 Å². The average molecular weight is 357 g/mol. The van der Waals surface area contributed by atoms with Crippen molar-refractivity contribution in [2.75, 3.05) is 30.4 Å². The molecule has 1 heterocycles. The van der Waals surface area contributed by atoms with E-state index in [1.165, 1.54) is 18.2 Å². The van der Waals surface area contributed by atoms with Gasteiger partial charge in [0.25, 0.3) is 0 Å². The van der Waals surface area contributed by atoms with E-state index < -0.39 is 11.6 Å². The van der Waals surface area contributed by atoms with E-state index >= 15 is 0 Å². The first kappa shape index (κ1) is 17.9. The first-order valence-electron chi connectivity index (χ1n) is 8.24. The Morgan fingerprint density at radius 2 is 1.96 bits per heavy atom. The topological polar surface area (TPSA) is 50.5 Å². The Balaban J connectivity index is 2.05. The molecule has 0 atom stereocenters. The van der Waals surface area contributed by atoms with Crippen molar-refractivity contribution < 1.29 is 13.5 Å². The summed E-state index contributed by atoms with van der Waals surface area (Å²) in [7, 11) is 1.78. The number of fused-ring (bicyclic) bond motifs is 1. The lowest BCUT2D eigenvalue weighted by atomic mass is 9.97. The molecule has 3 N–H and O–H groups in total. The van der Waals surface area contributed by atoms with Gasteiger partial charge in [-0.2, -0.15) is 0 Å². The van der Waals surface area contributed by atoms with Crippen LogP contribution < -0.4 is 16.0 Å². The van der Waals surface area contributed by atoms with Crippen molar-refractivity contribution in [2.45, 2.75) is 6.92 Å². The Bertz CT molecular complexity index is 893. The highest BCUT2D eigenvalue weighted by Gasteiger charge is 2.24. The number of hydrogen-bond acceptors (Lipinski definition) is 4. The molecule has 0 fully saturated rings. The first-order valence-corrected chi connectivity index (χ1v) is 8.24. The quantitative estimate of drug-likeness (QED) is 0.838. The third-order valence-corrected chi connectivity index (χ3v) is 4.14. The van der Waals surface area contributed by atoms with Crippen LogP contribution in [0.3, 0.4) is 0 Å². The molecular formula is C20H21F2N3O. The van der Waals surface area contributed by atoms with Crippen molar-refractivity contribution in [3.8, 4) is 0 Å². The summed E-state index contributed by atoms with van der Waals surface area (Å²) < 4.78 is 34.1. The highest BCUT2D eigenvalue weighted by molar-refractivity contribution is 5.94. The van der Waals surface area contributed by atoms with E-state index in [9.17, 15) is 8.78 Å². The minimum Gasteiger partial charge on any atom is -0.490 e. The van der Waals surface area contributed by atoms with Crippen molar-refractivity contribution in [3.05, 3.63) is 71.6 Å². The van der Waals surface area contributed by atoms with Crippen molar-refractivity contribution in [2.24, 2.45) is 5.73 Å². The van der Waals surface area contributed by atoms with E-state index in [1.54, 1.807) is 37.2 Å². The van der Waals surface area contributed by atoms with Crippen LogP contribution in [0.15, 0.2) is 48.9 Å². The Hall–Kier alpha value is -2.86. The maximum atomic E-state index is 14.2. The maximum Gasteiger partial charge on any atom is 0.146 e. The summed E-state index contributed by atoms with van der Waals surface area (Å²) in [5.41, 5.74) is 8.84. The summed E-state index contributed by atoms with van der Waals surface area (Å²) in [6.45, 7) is 6.58. The normalized spacial score (nSPS) is 13.3. The summed E-state index contributed by atoms with van der Waals surface area (Å²) in [4.78, 5) is 1.75. The molecule has 0 amide bonds. The molecule has 3 rings (SSSR count). The van der Waals surface area contributed by atoms with Gasteiger partial charge in [0.15, 0.2) is 0 Å². The number of aryl methyl sites for hydroxylation is 1. The smallest absolute Gasteiger partial charge is 0.146 e.